The molecule has 0 aromatic heterocycles. The summed E-state index contributed by atoms with van der Waals surface area (Å²) in [5, 5.41) is 18.9. The van der Waals surface area contributed by atoms with Gasteiger partial charge < -0.3 is 0 Å². The van der Waals surface area contributed by atoms with Crippen LogP contribution in [0.5, 0.6) is 0 Å². The fourth-order valence-electron chi connectivity index (χ4n) is 0.814. The summed E-state index contributed by atoms with van der Waals surface area (Å²) in [5.74, 6) is -1.09. The van der Waals surface area contributed by atoms with Gasteiger partial charge in [-0.15, -0.1) is 0 Å². The van der Waals surface area contributed by atoms with E-state index in [1.54, 1.807) is 0 Å². The van der Waals surface area contributed by atoms with Crippen LogP contribution in [-0.2, 0) is 0 Å². The first-order valence-corrected chi connectivity index (χ1v) is 4.17. The summed E-state index contributed by atoms with van der Waals surface area (Å²) in [6.45, 7) is 0. The zero-order valence-corrected chi connectivity index (χ0v) is 8.18. The van der Waals surface area contributed by atoms with E-state index in [0.717, 1.165) is 0 Å². The Balaban J connectivity index is 3.20. The number of carbonyl (C=O) groups is 1. The predicted octanol–water partition coefficient (Wildman–Crippen LogP) is 0.0868. The molecular formula is C7H4AsNO4. The Hall–Kier alpha value is -1.35. The van der Waals surface area contributed by atoms with Crippen molar-refractivity contribution in [2.24, 2.45) is 0 Å². The van der Waals surface area contributed by atoms with Crippen LogP contribution < -0.4 is 4.35 Å². The van der Waals surface area contributed by atoms with Gasteiger partial charge in [0.15, 0.2) is 0 Å². The molecule has 0 heterocycles. The van der Waals surface area contributed by atoms with Crippen molar-refractivity contribution in [3.63, 3.8) is 0 Å². The van der Waals surface area contributed by atoms with Crippen LogP contribution in [0.1, 0.15) is 10.4 Å². The van der Waals surface area contributed by atoms with E-state index in [4.69, 9.17) is 5.11 Å². The van der Waals surface area contributed by atoms with E-state index in [0.29, 0.717) is 4.35 Å². The van der Waals surface area contributed by atoms with Crippen LogP contribution in [0, 0.1) is 10.1 Å². The Kier molecular flexibility index (Phi) is 2.68. The van der Waals surface area contributed by atoms with Crippen LogP contribution in [0.4, 0.5) is 5.69 Å². The average molecular weight is 241 g/mol. The number of non-ortho nitro benzene ring substituents is 1. The average Bonchev–Trinajstić information content (AvgIpc) is 2.03. The van der Waals surface area contributed by atoms with Gasteiger partial charge in [-0.25, -0.2) is 0 Å². The van der Waals surface area contributed by atoms with Crippen molar-refractivity contribution in [3.8, 4) is 0 Å². The fourth-order valence-corrected chi connectivity index (χ4v) is 1.45. The number of benzene rings is 1. The van der Waals surface area contributed by atoms with E-state index < -0.39 is 10.9 Å². The van der Waals surface area contributed by atoms with Crippen LogP contribution in [0.3, 0.4) is 0 Å². The third-order valence-electron chi connectivity index (χ3n) is 1.42. The third-order valence-corrected chi connectivity index (χ3v) is 2.20. The summed E-state index contributed by atoms with van der Waals surface area (Å²) < 4.78 is 0.328. The fraction of sp³-hybridized carbons (Fsp3) is 0. The molecule has 6 heteroatoms. The predicted molar refractivity (Wildman–Crippen MR) is 45.4 cm³/mol. The third kappa shape index (κ3) is 2.06. The van der Waals surface area contributed by atoms with Crippen LogP contribution >= 0.6 is 0 Å². The molecule has 13 heavy (non-hydrogen) atoms. The Labute approximate surface area is 82.0 Å². The number of hydrogen-bond acceptors (Lipinski definition) is 3. The number of nitrogens with zero attached hydrogens (tertiary/aromatic N) is 1. The van der Waals surface area contributed by atoms with Gasteiger partial charge in [0.1, 0.15) is 0 Å². The SMILES string of the molecule is O=C(O)c1ccc([N+](=O)[O-])cc1[As]. The standard InChI is InChI=1S/C7H4AsNO4/c8-6-3-4(9(12)13)1-2-5(6)7(10)11/h1-3H,(H,10,11). The van der Waals surface area contributed by atoms with Crippen LogP contribution in [-0.4, -0.2) is 32.9 Å². The van der Waals surface area contributed by atoms with Crippen molar-refractivity contribution < 1.29 is 14.8 Å². The van der Waals surface area contributed by atoms with Crippen LogP contribution in [0.2, 0.25) is 0 Å². The molecule has 0 aliphatic heterocycles. The van der Waals surface area contributed by atoms with E-state index in [1.807, 2.05) is 16.9 Å². The van der Waals surface area contributed by atoms with Crippen molar-refractivity contribution in [1.82, 2.24) is 0 Å². The Morgan fingerprint density at radius 3 is 2.54 bits per heavy atom. The van der Waals surface area contributed by atoms with Gasteiger partial charge in [-0.05, 0) is 0 Å². The molecule has 0 saturated carbocycles. The van der Waals surface area contributed by atoms with Gasteiger partial charge in [0.2, 0.25) is 0 Å². The molecule has 0 fully saturated rings. The van der Waals surface area contributed by atoms with E-state index in [1.165, 1.54) is 18.2 Å². The number of carboxylic acids is 1. The van der Waals surface area contributed by atoms with Crippen molar-refractivity contribution in [2.45, 2.75) is 0 Å². The quantitative estimate of drug-likeness (QED) is 0.452. The first-order valence-electron chi connectivity index (χ1n) is 3.23. The molecule has 0 bridgehead atoms. The van der Waals surface area contributed by atoms with E-state index in [9.17, 15) is 14.9 Å². The maximum absolute atomic E-state index is 10.5. The van der Waals surface area contributed by atoms with E-state index in [-0.39, 0.29) is 11.3 Å². The second-order valence-corrected chi connectivity index (χ2v) is 3.27. The Morgan fingerprint density at radius 2 is 2.15 bits per heavy atom. The van der Waals surface area contributed by atoms with Gasteiger partial charge in [-0.2, -0.15) is 0 Å². The van der Waals surface area contributed by atoms with Gasteiger partial charge in [-0.3, -0.25) is 0 Å². The van der Waals surface area contributed by atoms with Gasteiger partial charge in [-0.1, -0.05) is 0 Å². The van der Waals surface area contributed by atoms with E-state index >= 15 is 0 Å². The summed E-state index contributed by atoms with van der Waals surface area (Å²) >= 11 is 1.99. The molecule has 2 radical (unpaired) electrons. The first kappa shape index (κ1) is 9.73. The minimum atomic E-state index is -1.09. The number of nitro groups is 1. The van der Waals surface area contributed by atoms with Gasteiger partial charge in [0, 0.05) is 0 Å². The molecule has 0 aliphatic rings. The van der Waals surface area contributed by atoms with Crippen molar-refractivity contribution in [1.29, 1.82) is 0 Å². The molecule has 0 spiro atoms. The molecule has 0 atom stereocenters. The first-order chi connectivity index (χ1) is 6.02. The molecule has 0 saturated heterocycles. The molecule has 1 rings (SSSR count). The molecule has 0 aliphatic carbocycles. The number of hydrogen-bond donors (Lipinski definition) is 1. The summed E-state index contributed by atoms with van der Waals surface area (Å²) in [6, 6.07) is 3.60. The van der Waals surface area contributed by atoms with Crippen molar-refractivity contribution >= 4 is 32.9 Å². The minimum absolute atomic E-state index is 0.0607. The van der Waals surface area contributed by atoms with Crippen LogP contribution in [0.25, 0.3) is 0 Å². The molecule has 1 aromatic carbocycles. The monoisotopic (exact) mass is 241 g/mol. The number of rotatable bonds is 2. The number of carboxylic acid groups (broad SMARTS) is 1. The summed E-state index contributed by atoms with van der Waals surface area (Å²) in [6.07, 6.45) is 0. The number of nitro benzene ring substituents is 1. The molecule has 0 amide bonds. The molecule has 1 aromatic rings. The van der Waals surface area contributed by atoms with E-state index in [2.05, 4.69) is 0 Å². The van der Waals surface area contributed by atoms with Crippen molar-refractivity contribution in [2.75, 3.05) is 0 Å². The van der Waals surface area contributed by atoms with Gasteiger partial charge in [0.25, 0.3) is 0 Å². The summed E-state index contributed by atoms with van der Waals surface area (Å²) in [5.41, 5.74) is -0.0498. The molecule has 66 valence electrons. The summed E-state index contributed by atoms with van der Waals surface area (Å²) in [7, 11) is 0. The zero-order valence-electron chi connectivity index (χ0n) is 6.30. The van der Waals surface area contributed by atoms with Gasteiger partial charge >= 0.3 is 81.6 Å². The summed E-state index contributed by atoms with van der Waals surface area (Å²) in [4.78, 5) is 20.2. The Morgan fingerprint density at radius 1 is 1.54 bits per heavy atom. The van der Waals surface area contributed by atoms with Gasteiger partial charge in [0.05, 0.1) is 0 Å². The topological polar surface area (TPSA) is 80.4 Å². The Bertz CT molecular complexity index is 377. The normalized spacial score (nSPS) is 9.62. The molecule has 0 unspecified atom stereocenters. The zero-order chi connectivity index (χ0) is 10.0. The van der Waals surface area contributed by atoms with Crippen molar-refractivity contribution in [3.05, 3.63) is 33.9 Å². The number of aromatic carboxylic acids is 1. The molecule has 1 N–H and O–H groups in total. The molecular weight excluding hydrogens is 237 g/mol. The molecule has 5 nitrogen and oxygen atoms in total. The second kappa shape index (κ2) is 3.58. The maximum atomic E-state index is 10.5. The second-order valence-electron chi connectivity index (χ2n) is 2.26. The van der Waals surface area contributed by atoms with Crippen LogP contribution in [0.15, 0.2) is 18.2 Å².